The highest BCUT2D eigenvalue weighted by Crippen LogP contribution is 2.28. The van der Waals surface area contributed by atoms with Crippen molar-refractivity contribution in [2.45, 2.75) is 13.8 Å². The first-order valence-electron chi connectivity index (χ1n) is 7.90. The highest BCUT2D eigenvalue weighted by molar-refractivity contribution is 6.02. The van der Waals surface area contributed by atoms with Crippen molar-refractivity contribution in [3.05, 3.63) is 41.2 Å². The number of hydrogen-bond acceptors (Lipinski definition) is 5. The van der Waals surface area contributed by atoms with Crippen molar-refractivity contribution < 1.29 is 19.1 Å². The van der Waals surface area contributed by atoms with Crippen LogP contribution in [0.3, 0.4) is 0 Å². The number of carbonyl (C=O) groups is 2. The second-order valence-electron chi connectivity index (χ2n) is 5.66. The molecule has 1 aromatic heterocycles. The Morgan fingerprint density at radius 3 is 2.62 bits per heavy atom. The monoisotopic (exact) mass is 358 g/mol. The van der Waals surface area contributed by atoms with Crippen molar-refractivity contribution in [3.8, 4) is 11.5 Å². The summed E-state index contributed by atoms with van der Waals surface area (Å²) in [6, 6.07) is 5.08. The van der Waals surface area contributed by atoms with E-state index in [2.05, 4.69) is 10.4 Å². The summed E-state index contributed by atoms with van der Waals surface area (Å²) >= 11 is 0. The Morgan fingerprint density at radius 1 is 1.31 bits per heavy atom. The molecule has 0 fully saturated rings. The lowest BCUT2D eigenvalue weighted by molar-refractivity contribution is -0.120. The number of benzene rings is 1. The zero-order valence-electron chi connectivity index (χ0n) is 15.2. The molecule has 26 heavy (non-hydrogen) atoms. The SMILES string of the molecule is COc1cc(C=CC(=O)Nc2c(C)nn(C)c2C)ccc1OCC(N)=O. The largest absolute Gasteiger partial charge is 0.493 e. The number of methoxy groups -OCH3 is 1. The Balaban J connectivity index is 2.09. The first-order chi connectivity index (χ1) is 12.3. The van der Waals surface area contributed by atoms with Gasteiger partial charge in [-0.3, -0.25) is 14.3 Å². The minimum absolute atomic E-state index is 0.238. The summed E-state index contributed by atoms with van der Waals surface area (Å²) in [5.74, 6) is -0.00632. The molecule has 0 spiro atoms. The molecule has 0 bridgehead atoms. The van der Waals surface area contributed by atoms with Gasteiger partial charge in [0.1, 0.15) is 0 Å². The maximum Gasteiger partial charge on any atom is 0.255 e. The fourth-order valence-corrected chi connectivity index (χ4v) is 2.35. The molecule has 0 saturated heterocycles. The van der Waals surface area contributed by atoms with Crippen LogP contribution in [0.15, 0.2) is 24.3 Å². The normalized spacial score (nSPS) is 10.8. The Hall–Kier alpha value is -3.29. The van der Waals surface area contributed by atoms with Crippen LogP contribution in [0.4, 0.5) is 5.69 Å². The average Bonchev–Trinajstić information content (AvgIpc) is 2.84. The molecule has 1 heterocycles. The Labute approximate surface area is 151 Å². The van der Waals surface area contributed by atoms with Crippen molar-refractivity contribution in [3.63, 3.8) is 0 Å². The first kappa shape index (κ1) is 19.0. The van der Waals surface area contributed by atoms with Gasteiger partial charge >= 0.3 is 0 Å². The molecular weight excluding hydrogens is 336 g/mol. The third-order valence-electron chi connectivity index (χ3n) is 3.74. The Kier molecular flexibility index (Phi) is 6.00. The van der Waals surface area contributed by atoms with Gasteiger partial charge in [-0.05, 0) is 37.6 Å². The maximum atomic E-state index is 12.2. The van der Waals surface area contributed by atoms with Crippen LogP contribution in [-0.2, 0) is 16.6 Å². The standard InChI is InChI=1S/C18H22N4O4/c1-11-18(12(2)22(3)21-11)20-17(24)8-6-13-5-7-14(15(9-13)25-4)26-10-16(19)23/h5-9H,10H2,1-4H3,(H2,19,23)(H,20,24). The predicted molar refractivity (Wildman–Crippen MR) is 98.0 cm³/mol. The molecule has 2 aromatic rings. The van der Waals surface area contributed by atoms with E-state index in [0.717, 1.165) is 17.0 Å². The van der Waals surface area contributed by atoms with E-state index in [-0.39, 0.29) is 12.5 Å². The smallest absolute Gasteiger partial charge is 0.255 e. The van der Waals surface area contributed by atoms with Crippen molar-refractivity contribution in [1.82, 2.24) is 9.78 Å². The van der Waals surface area contributed by atoms with Crippen LogP contribution in [-0.4, -0.2) is 35.3 Å². The topological polar surface area (TPSA) is 108 Å². The molecule has 0 aliphatic heterocycles. The number of aromatic nitrogens is 2. The van der Waals surface area contributed by atoms with Crippen LogP contribution in [0.2, 0.25) is 0 Å². The average molecular weight is 358 g/mol. The van der Waals surface area contributed by atoms with Gasteiger partial charge in [0, 0.05) is 13.1 Å². The van der Waals surface area contributed by atoms with Gasteiger partial charge < -0.3 is 20.5 Å². The number of ether oxygens (including phenoxy) is 2. The summed E-state index contributed by atoms with van der Waals surface area (Å²) < 4.78 is 12.2. The summed E-state index contributed by atoms with van der Waals surface area (Å²) in [5.41, 5.74) is 8.14. The lowest BCUT2D eigenvalue weighted by atomic mass is 10.2. The Bertz CT molecular complexity index is 855. The summed E-state index contributed by atoms with van der Waals surface area (Å²) in [4.78, 5) is 23.0. The van der Waals surface area contributed by atoms with Gasteiger partial charge in [-0.25, -0.2) is 0 Å². The molecule has 0 aliphatic carbocycles. The number of anilines is 1. The van der Waals surface area contributed by atoms with Crippen LogP contribution in [0.25, 0.3) is 6.08 Å². The molecule has 2 rings (SSSR count). The van der Waals surface area contributed by atoms with E-state index in [1.807, 2.05) is 20.9 Å². The number of primary amides is 1. The minimum Gasteiger partial charge on any atom is -0.493 e. The second-order valence-corrected chi connectivity index (χ2v) is 5.66. The van der Waals surface area contributed by atoms with Crippen molar-refractivity contribution >= 4 is 23.6 Å². The number of nitrogens with one attached hydrogen (secondary N) is 1. The van der Waals surface area contributed by atoms with Gasteiger partial charge in [0.25, 0.3) is 5.91 Å². The van der Waals surface area contributed by atoms with Crippen LogP contribution in [0.5, 0.6) is 11.5 Å². The summed E-state index contributed by atoms with van der Waals surface area (Å²) in [5, 5.41) is 7.08. The molecule has 0 saturated carbocycles. The predicted octanol–water partition coefficient (Wildman–Crippen LogP) is 1.56. The number of carbonyl (C=O) groups excluding carboxylic acids is 2. The van der Waals surface area contributed by atoms with Crippen LogP contribution >= 0.6 is 0 Å². The number of nitrogens with zero attached hydrogens (tertiary/aromatic N) is 2. The number of hydrogen-bond donors (Lipinski definition) is 2. The molecule has 0 radical (unpaired) electrons. The highest BCUT2D eigenvalue weighted by atomic mass is 16.5. The fraction of sp³-hybridized carbons (Fsp3) is 0.278. The highest BCUT2D eigenvalue weighted by Gasteiger charge is 2.11. The van der Waals surface area contributed by atoms with E-state index in [1.54, 1.807) is 29.0 Å². The quantitative estimate of drug-likeness (QED) is 0.730. The van der Waals surface area contributed by atoms with Crippen LogP contribution < -0.4 is 20.5 Å². The Morgan fingerprint density at radius 2 is 2.04 bits per heavy atom. The van der Waals surface area contributed by atoms with E-state index >= 15 is 0 Å². The number of amides is 2. The first-order valence-corrected chi connectivity index (χ1v) is 7.90. The molecule has 0 aliphatic rings. The zero-order valence-corrected chi connectivity index (χ0v) is 15.2. The summed E-state index contributed by atoms with van der Waals surface area (Å²) in [6.07, 6.45) is 3.07. The molecule has 1 aromatic carbocycles. The van der Waals surface area contributed by atoms with Gasteiger partial charge in [-0.2, -0.15) is 5.10 Å². The third kappa shape index (κ3) is 4.62. The van der Waals surface area contributed by atoms with E-state index < -0.39 is 5.91 Å². The number of rotatable bonds is 7. The molecule has 8 nitrogen and oxygen atoms in total. The van der Waals surface area contributed by atoms with E-state index in [0.29, 0.717) is 17.2 Å². The molecule has 0 atom stereocenters. The molecule has 3 N–H and O–H groups in total. The van der Waals surface area contributed by atoms with Crippen molar-refractivity contribution in [1.29, 1.82) is 0 Å². The number of aryl methyl sites for hydroxylation is 2. The number of nitrogens with two attached hydrogens (primary N) is 1. The van der Waals surface area contributed by atoms with Crippen molar-refractivity contribution in [2.24, 2.45) is 12.8 Å². The van der Waals surface area contributed by atoms with Gasteiger partial charge in [-0.15, -0.1) is 0 Å². The molecular formula is C18H22N4O4. The van der Waals surface area contributed by atoms with Crippen LogP contribution in [0, 0.1) is 13.8 Å². The lowest BCUT2D eigenvalue weighted by Gasteiger charge is -2.10. The van der Waals surface area contributed by atoms with Gasteiger partial charge in [0.15, 0.2) is 18.1 Å². The van der Waals surface area contributed by atoms with E-state index in [9.17, 15) is 9.59 Å². The van der Waals surface area contributed by atoms with Crippen molar-refractivity contribution in [2.75, 3.05) is 19.0 Å². The van der Waals surface area contributed by atoms with Gasteiger partial charge in [0.05, 0.1) is 24.2 Å². The van der Waals surface area contributed by atoms with Gasteiger partial charge in [-0.1, -0.05) is 6.07 Å². The fourth-order valence-electron chi connectivity index (χ4n) is 2.35. The molecule has 0 unspecified atom stereocenters. The maximum absolute atomic E-state index is 12.2. The van der Waals surface area contributed by atoms with Gasteiger partial charge in [0.2, 0.25) is 5.91 Å². The molecule has 138 valence electrons. The second kappa shape index (κ2) is 8.19. The summed E-state index contributed by atoms with van der Waals surface area (Å²) in [6.45, 7) is 3.48. The third-order valence-corrected chi connectivity index (χ3v) is 3.74. The van der Waals surface area contributed by atoms with E-state index in [4.69, 9.17) is 15.2 Å². The molecule has 2 amide bonds. The summed E-state index contributed by atoms with van der Waals surface area (Å²) in [7, 11) is 3.31. The van der Waals surface area contributed by atoms with Crippen LogP contribution in [0.1, 0.15) is 17.0 Å². The minimum atomic E-state index is -0.575. The molecule has 8 heteroatoms. The zero-order chi connectivity index (χ0) is 19.3. The van der Waals surface area contributed by atoms with E-state index in [1.165, 1.54) is 13.2 Å². The lowest BCUT2D eigenvalue weighted by Crippen LogP contribution is -2.20.